The number of ether oxygens (including phenoxy) is 1. The Bertz CT molecular complexity index is 957. The van der Waals surface area contributed by atoms with Crippen molar-refractivity contribution in [2.24, 2.45) is 0 Å². The van der Waals surface area contributed by atoms with Gasteiger partial charge in [0.1, 0.15) is 5.75 Å². The molecule has 2 aromatic heterocycles. The highest BCUT2D eigenvalue weighted by Crippen LogP contribution is 2.34. The van der Waals surface area contributed by atoms with Gasteiger partial charge in [0.25, 0.3) is 5.91 Å². The molecule has 0 saturated carbocycles. The van der Waals surface area contributed by atoms with Gasteiger partial charge in [-0.2, -0.15) is 0 Å². The van der Waals surface area contributed by atoms with Gasteiger partial charge in [0.15, 0.2) is 11.8 Å². The number of aromatic nitrogens is 1. The van der Waals surface area contributed by atoms with Gasteiger partial charge in [0.2, 0.25) is 0 Å². The number of thiophene rings is 1. The lowest BCUT2D eigenvalue weighted by Gasteiger charge is -2.10. The quantitative estimate of drug-likeness (QED) is 0.595. The normalized spacial score (nSPS) is 11.9. The summed E-state index contributed by atoms with van der Waals surface area (Å²) < 4.78 is 6.51. The number of hydrogen-bond acceptors (Lipinski definition) is 6. The standard InChI is InChI=1S/C17H13ClN2O5S/c18-9-1-3-10(4-2-9)25-13-6-19-7-15-11(13)5-14(26-15)16(22)20-12(8-21)17(23)24/h1-7,12,21H,8H2,(H,20,22)(H,23,24). The van der Waals surface area contributed by atoms with E-state index in [1.54, 1.807) is 36.5 Å². The molecular formula is C17H13ClN2O5S. The van der Waals surface area contributed by atoms with Crippen LogP contribution in [-0.4, -0.2) is 39.7 Å². The van der Waals surface area contributed by atoms with Crippen molar-refractivity contribution in [1.82, 2.24) is 10.3 Å². The van der Waals surface area contributed by atoms with Crippen molar-refractivity contribution in [2.45, 2.75) is 6.04 Å². The van der Waals surface area contributed by atoms with Crippen LogP contribution in [0.3, 0.4) is 0 Å². The molecule has 3 aromatic rings. The first kappa shape index (κ1) is 18.1. The number of benzene rings is 1. The second-order valence-electron chi connectivity index (χ2n) is 5.26. The highest BCUT2D eigenvalue weighted by molar-refractivity contribution is 7.20. The van der Waals surface area contributed by atoms with E-state index in [1.807, 2.05) is 0 Å². The fraction of sp³-hybridized carbons (Fsp3) is 0.118. The molecule has 1 amide bonds. The Balaban J connectivity index is 1.87. The van der Waals surface area contributed by atoms with Gasteiger partial charge in [-0.3, -0.25) is 9.78 Å². The molecule has 9 heteroatoms. The first-order valence-corrected chi connectivity index (χ1v) is 8.63. The Morgan fingerprint density at radius 1 is 1.27 bits per heavy atom. The van der Waals surface area contributed by atoms with E-state index in [0.717, 1.165) is 11.3 Å². The summed E-state index contributed by atoms with van der Waals surface area (Å²) in [5, 5.41) is 21.5. The van der Waals surface area contributed by atoms with Crippen LogP contribution in [0.1, 0.15) is 9.67 Å². The van der Waals surface area contributed by atoms with Crippen LogP contribution in [0.4, 0.5) is 0 Å². The predicted octanol–water partition coefficient (Wildman–Crippen LogP) is 2.92. The fourth-order valence-corrected chi connectivity index (χ4v) is 3.25. The second-order valence-corrected chi connectivity index (χ2v) is 6.78. The van der Waals surface area contributed by atoms with E-state index in [2.05, 4.69) is 10.3 Å². The second kappa shape index (κ2) is 7.69. The lowest BCUT2D eigenvalue weighted by Crippen LogP contribution is -2.43. The van der Waals surface area contributed by atoms with Crippen molar-refractivity contribution >= 4 is 44.9 Å². The topological polar surface area (TPSA) is 109 Å². The number of amides is 1. The zero-order chi connectivity index (χ0) is 18.7. The Labute approximate surface area is 156 Å². The number of pyridine rings is 1. The molecule has 0 spiro atoms. The third kappa shape index (κ3) is 3.93. The average molecular weight is 393 g/mol. The Morgan fingerprint density at radius 3 is 2.65 bits per heavy atom. The molecule has 0 aliphatic heterocycles. The maximum absolute atomic E-state index is 12.2. The van der Waals surface area contributed by atoms with Crippen molar-refractivity contribution in [3.8, 4) is 11.5 Å². The molecule has 0 bridgehead atoms. The molecule has 134 valence electrons. The highest BCUT2D eigenvalue weighted by atomic mass is 35.5. The van der Waals surface area contributed by atoms with Crippen LogP contribution >= 0.6 is 22.9 Å². The minimum absolute atomic E-state index is 0.286. The Morgan fingerprint density at radius 2 is 2.00 bits per heavy atom. The fourth-order valence-electron chi connectivity index (χ4n) is 2.17. The monoisotopic (exact) mass is 392 g/mol. The zero-order valence-corrected chi connectivity index (χ0v) is 14.8. The van der Waals surface area contributed by atoms with Crippen molar-refractivity contribution < 1.29 is 24.5 Å². The maximum atomic E-state index is 12.2. The van der Waals surface area contributed by atoms with Crippen molar-refractivity contribution in [3.63, 3.8) is 0 Å². The van der Waals surface area contributed by atoms with E-state index in [-0.39, 0.29) is 4.88 Å². The van der Waals surface area contributed by atoms with Gasteiger partial charge in [0.05, 0.1) is 22.4 Å². The molecule has 1 atom stereocenters. The van der Waals surface area contributed by atoms with Gasteiger partial charge in [-0.05, 0) is 30.3 Å². The van der Waals surface area contributed by atoms with Crippen LogP contribution in [0.25, 0.3) is 10.1 Å². The largest absolute Gasteiger partial charge is 0.480 e. The Kier molecular flexibility index (Phi) is 5.36. The number of nitrogens with one attached hydrogen (secondary N) is 1. The van der Waals surface area contributed by atoms with E-state index in [4.69, 9.17) is 26.6 Å². The van der Waals surface area contributed by atoms with E-state index >= 15 is 0 Å². The number of nitrogens with zero attached hydrogens (tertiary/aromatic N) is 1. The molecule has 1 unspecified atom stereocenters. The van der Waals surface area contributed by atoms with Crippen molar-refractivity contribution in [1.29, 1.82) is 0 Å². The number of aliphatic carboxylic acids is 1. The minimum atomic E-state index is -1.37. The summed E-state index contributed by atoms with van der Waals surface area (Å²) in [4.78, 5) is 27.6. The number of fused-ring (bicyclic) bond motifs is 1. The van der Waals surface area contributed by atoms with E-state index in [1.165, 1.54) is 6.20 Å². The molecule has 0 saturated heterocycles. The summed E-state index contributed by atoms with van der Waals surface area (Å²) in [5.74, 6) is -0.885. The lowest BCUT2D eigenvalue weighted by atomic mass is 10.2. The number of carboxylic acid groups (broad SMARTS) is 1. The number of carbonyl (C=O) groups excluding carboxylic acids is 1. The number of carboxylic acids is 1. The van der Waals surface area contributed by atoms with Crippen LogP contribution < -0.4 is 10.1 Å². The van der Waals surface area contributed by atoms with Gasteiger partial charge in [0, 0.05) is 16.6 Å². The van der Waals surface area contributed by atoms with E-state index < -0.39 is 24.5 Å². The van der Waals surface area contributed by atoms with Gasteiger partial charge >= 0.3 is 5.97 Å². The molecule has 26 heavy (non-hydrogen) atoms. The summed E-state index contributed by atoms with van der Waals surface area (Å²) in [6, 6.07) is 7.03. The summed E-state index contributed by atoms with van der Waals surface area (Å²) in [6.07, 6.45) is 3.12. The van der Waals surface area contributed by atoms with Gasteiger partial charge < -0.3 is 20.3 Å². The van der Waals surface area contributed by atoms with Crippen molar-refractivity contribution in [2.75, 3.05) is 6.61 Å². The van der Waals surface area contributed by atoms with Gasteiger partial charge in [-0.25, -0.2) is 4.79 Å². The molecule has 0 aliphatic rings. The SMILES string of the molecule is O=C(NC(CO)C(=O)O)c1cc2c(Oc3ccc(Cl)cc3)cncc2s1. The number of hydrogen-bond donors (Lipinski definition) is 3. The number of halogens is 1. The average Bonchev–Trinajstić information content (AvgIpc) is 3.06. The summed E-state index contributed by atoms with van der Waals surface area (Å²) in [5.41, 5.74) is 0. The first-order chi connectivity index (χ1) is 12.5. The molecule has 3 rings (SSSR count). The molecule has 0 radical (unpaired) electrons. The maximum Gasteiger partial charge on any atom is 0.328 e. The number of rotatable bonds is 6. The number of aliphatic hydroxyl groups excluding tert-OH is 1. The van der Waals surface area contributed by atoms with Crippen LogP contribution in [0.2, 0.25) is 5.02 Å². The summed E-state index contributed by atoms with van der Waals surface area (Å²) >= 11 is 7.00. The third-order valence-corrected chi connectivity index (χ3v) is 4.78. The molecule has 2 heterocycles. The molecule has 1 aromatic carbocycles. The summed E-state index contributed by atoms with van der Waals surface area (Å²) in [6.45, 7) is -0.696. The Hall–Kier alpha value is -2.68. The van der Waals surface area contributed by atoms with Crippen LogP contribution in [-0.2, 0) is 4.79 Å². The predicted molar refractivity (Wildman–Crippen MR) is 97.1 cm³/mol. The minimum Gasteiger partial charge on any atom is -0.480 e. The lowest BCUT2D eigenvalue weighted by molar-refractivity contribution is -0.140. The molecule has 0 fully saturated rings. The van der Waals surface area contributed by atoms with Gasteiger partial charge in [-0.1, -0.05) is 11.6 Å². The van der Waals surface area contributed by atoms with Crippen LogP contribution in [0, 0.1) is 0 Å². The highest BCUT2D eigenvalue weighted by Gasteiger charge is 2.21. The van der Waals surface area contributed by atoms with E-state index in [0.29, 0.717) is 26.6 Å². The smallest absolute Gasteiger partial charge is 0.328 e. The number of aliphatic hydroxyl groups is 1. The van der Waals surface area contributed by atoms with Crippen molar-refractivity contribution in [3.05, 3.63) is 52.6 Å². The molecule has 0 aliphatic carbocycles. The third-order valence-electron chi connectivity index (χ3n) is 3.46. The zero-order valence-electron chi connectivity index (χ0n) is 13.2. The number of carbonyl (C=O) groups is 2. The van der Waals surface area contributed by atoms with Crippen LogP contribution in [0.15, 0.2) is 42.7 Å². The molecule has 7 nitrogen and oxygen atoms in total. The molecule has 3 N–H and O–H groups in total. The molecular weight excluding hydrogens is 380 g/mol. The van der Waals surface area contributed by atoms with Gasteiger partial charge in [-0.15, -0.1) is 11.3 Å². The van der Waals surface area contributed by atoms with Crippen LogP contribution in [0.5, 0.6) is 11.5 Å². The first-order valence-electron chi connectivity index (χ1n) is 7.43. The van der Waals surface area contributed by atoms with E-state index in [9.17, 15) is 9.59 Å². The summed E-state index contributed by atoms with van der Waals surface area (Å²) in [7, 11) is 0.